The highest BCUT2D eigenvalue weighted by molar-refractivity contribution is 7.20. The number of nitrogens with one attached hydrogen (secondary N) is 1. The van der Waals surface area contributed by atoms with E-state index < -0.39 is 5.91 Å². The lowest BCUT2D eigenvalue weighted by atomic mass is 10.1. The van der Waals surface area contributed by atoms with E-state index in [0.717, 1.165) is 22.6 Å². The van der Waals surface area contributed by atoms with Crippen molar-refractivity contribution in [1.29, 1.82) is 0 Å². The second-order valence-corrected chi connectivity index (χ2v) is 6.49. The molecular formula is C16H24N4OS. The van der Waals surface area contributed by atoms with Crippen molar-refractivity contribution < 1.29 is 4.79 Å². The Hall–Kier alpha value is -1.66. The van der Waals surface area contributed by atoms with Crippen molar-refractivity contribution in [3.05, 3.63) is 23.1 Å². The maximum atomic E-state index is 11.0. The molecule has 0 aliphatic carbocycles. The molecule has 0 saturated carbocycles. The van der Waals surface area contributed by atoms with Gasteiger partial charge in [-0.25, -0.2) is 4.98 Å². The molecule has 120 valence electrons. The van der Waals surface area contributed by atoms with Gasteiger partial charge in [0, 0.05) is 11.9 Å². The number of carbonyl (C=O) groups is 1. The summed E-state index contributed by atoms with van der Waals surface area (Å²) in [4.78, 5) is 19.1. The number of amides is 1. The molecule has 1 saturated heterocycles. The fourth-order valence-electron chi connectivity index (χ4n) is 2.37. The molecule has 0 atom stereocenters. The minimum Gasteiger partial charge on any atom is -0.370 e. The number of rotatable bonds is 3. The fraction of sp³-hybridized carbons (Fsp3) is 0.500. The number of aromatic nitrogens is 1. The van der Waals surface area contributed by atoms with E-state index in [-0.39, 0.29) is 0 Å². The van der Waals surface area contributed by atoms with Gasteiger partial charge < -0.3 is 16.0 Å². The topological polar surface area (TPSA) is 71.2 Å². The lowest BCUT2D eigenvalue weighted by molar-refractivity contribution is 0.100. The Balaban J connectivity index is 0.000000211. The number of anilines is 1. The summed E-state index contributed by atoms with van der Waals surface area (Å²) in [6, 6.07) is 5.59. The average molecular weight is 320 g/mol. The van der Waals surface area contributed by atoms with E-state index in [2.05, 4.69) is 22.2 Å². The van der Waals surface area contributed by atoms with Gasteiger partial charge in [-0.2, -0.15) is 0 Å². The van der Waals surface area contributed by atoms with Gasteiger partial charge in [0.15, 0.2) is 0 Å². The maximum Gasteiger partial charge on any atom is 0.258 e. The Morgan fingerprint density at radius 1 is 1.36 bits per heavy atom. The summed E-state index contributed by atoms with van der Waals surface area (Å²) >= 11 is 1.32. The van der Waals surface area contributed by atoms with Crippen molar-refractivity contribution in [2.45, 2.75) is 26.2 Å². The maximum absolute atomic E-state index is 11.0. The fourth-order valence-corrected chi connectivity index (χ4v) is 3.25. The molecule has 1 aliphatic heterocycles. The Morgan fingerprint density at radius 2 is 2.09 bits per heavy atom. The Kier molecular flexibility index (Phi) is 6.15. The molecule has 0 radical (unpaired) electrons. The van der Waals surface area contributed by atoms with Crippen LogP contribution in [-0.4, -0.2) is 42.5 Å². The van der Waals surface area contributed by atoms with E-state index in [1.54, 1.807) is 6.07 Å². The zero-order valence-corrected chi connectivity index (χ0v) is 14.1. The van der Waals surface area contributed by atoms with Crippen molar-refractivity contribution in [1.82, 2.24) is 9.88 Å². The highest BCUT2D eigenvalue weighted by Gasteiger charge is 2.07. The molecule has 3 rings (SSSR count). The van der Waals surface area contributed by atoms with Gasteiger partial charge in [0.1, 0.15) is 10.6 Å². The zero-order valence-electron chi connectivity index (χ0n) is 13.3. The summed E-state index contributed by atoms with van der Waals surface area (Å²) < 4.78 is 0. The zero-order chi connectivity index (χ0) is 15.9. The summed E-state index contributed by atoms with van der Waals surface area (Å²) in [7, 11) is 2.19. The first kappa shape index (κ1) is 16.7. The van der Waals surface area contributed by atoms with Gasteiger partial charge in [-0.15, -0.1) is 11.3 Å². The summed E-state index contributed by atoms with van der Waals surface area (Å²) in [5, 5.41) is 4.07. The number of carbonyl (C=O) groups excluding carboxylic acids is 1. The third-order valence-electron chi connectivity index (χ3n) is 3.56. The van der Waals surface area contributed by atoms with E-state index in [0.29, 0.717) is 4.88 Å². The van der Waals surface area contributed by atoms with Gasteiger partial charge in [-0.1, -0.05) is 6.42 Å². The standard InChI is InChI=1S/C10H11N3OS.C6H13N/c1-2-12-8-4-3-6-5-7(9(11)14)15-10(6)13-8;1-7-5-3-2-4-6-7/h3-5H,2H2,1H3,(H2,11,14)(H,12,13);2-6H2,1H3. The molecule has 3 N–H and O–H groups in total. The first-order valence-corrected chi connectivity index (χ1v) is 8.54. The predicted molar refractivity (Wildman–Crippen MR) is 93.6 cm³/mol. The Bertz CT molecular complexity index is 620. The molecule has 22 heavy (non-hydrogen) atoms. The molecule has 0 bridgehead atoms. The summed E-state index contributed by atoms with van der Waals surface area (Å²) in [6.45, 7) is 5.47. The molecular weight excluding hydrogens is 296 g/mol. The summed E-state index contributed by atoms with van der Waals surface area (Å²) in [5.74, 6) is 0.422. The molecule has 1 aliphatic rings. The van der Waals surface area contributed by atoms with Crippen molar-refractivity contribution >= 4 is 33.3 Å². The monoisotopic (exact) mass is 320 g/mol. The van der Waals surface area contributed by atoms with E-state index in [1.807, 2.05) is 19.1 Å². The molecule has 0 aromatic carbocycles. The SMILES string of the molecule is CCNc1ccc2cc(C(N)=O)sc2n1.CN1CCCCC1. The van der Waals surface area contributed by atoms with Gasteiger partial charge in [0.2, 0.25) is 0 Å². The van der Waals surface area contributed by atoms with Gasteiger partial charge in [0.05, 0.1) is 4.88 Å². The van der Waals surface area contributed by atoms with E-state index in [9.17, 15) is 4.79 Å². The molecule has 5 nitrogen and oxygen atoms in total. The average Bonchev–Trinajstić information content (AvgIpc) is 2.92. The number of likely N-dealkylation sites (tertiary alicyclic amines) is 1. The Morgan fingerprint density at radius 3 is 2.64 bits per heavy atom. The van der Waals surface area contributed by atoms with Crippen molar-refractivity contribution in [3.8, 4) is 0 Å². The lowest BCUT2D eigenvalue weighted by Crippen LogP contribution is -2.24. The second kappa shape index (κ2) is 8.10. The molecule has 2 aromatic rings. The second-order valence-electron chi connectivity index (χ2n) is 5.46. The molecule has 1 amide bonds. The van der Waals surface area contributed by atoms with Crippen LogP contribution in [0.15, 0.2) is 18.2 Å². The number of nitrogens with zero attached hydrogens (tertiary/aromatic N) is 2. The molecule has 2 aromatic heterocycles. The quantitative estimate of drug-likeness (QED) is 0.912. The lowest BCUT2D eigenvalue weighted by Gasteiger charge is -2.20. The van der Waals surface area contributed by atoms with Crippen molar-refractivity contribution in [2.24, 2.45) is 5.73 Å². The van der Waals surface area contributed by atoms with Crippen molar-refractivity contribution in [2.75, 3.05) is 32.0 Å². The highest BCUT2D eigenvalue weighted by atomic mass is 32.1. The van der Waals surface area contributed by atoms with E-state index in [1.165, 1.54) is 43.7 Å². The number of primary amides is 1. The van der Waals surface area contributed by atoms with Crippen LogP contribution in [0.2, 0.25) is 0 Å². The Labute approximate surface area is 135 Å². The molecule has 0 unspecified atom stereocenters. The highest BCUT2D eigenvalue weighted by Crippen LogP contribution is 2.24. The van der Waals surface area contributed by atoms with Crippen LogP contribution in [0, 0.1) is 0 Å². The number of fused-ring (bicyclic) bond motifs is 1. The van der Waals surface area contributed by atoms with Crippen molar-refractivity contribution in [3.63, 3.8) is 0 Å². The number of piperidine rings is 1. The normalized spacial score (nSPS) is 15.2. The molecule has 6 heteroatoms. The van der Waals surface area contributed by atoms with Crippen LogP contribution >= 0.6 is 11.3 Å². The first-order chi connectivity index (χ1) is 10.6. The van der Waals surface area contributed by atoms with Crippen LogP contribution in [0.4, 0.5) is 5.82 Å². The predicted octanol–water partition coefficient (Wildman–Crippen LogP) is 2.93. The number of hydrogen-bond acceptors (Lipinski definition) is 5. The first-order valence-electron chi connectivity index (χ1n) is 7.73. The van der Waals surface area contributed by atoms with Crippen LogP contribution in [-0.2, 0) is 0 Å². The van der Waals surface area contributed by atoms with E-state index in [4.69, 9.17) is 5.73 Å². The molecule has 3 heterocycles. The third-order valence-corrected chi connectivity index (χ3v) is 4.62. The largest absolute Gasteiger partial charge is 0.370 e. The van der Waals surface area contributed by atoms with Gasteiger partial charge in [-0.3, -0.25) is 4.79 Å². The summed E-state index contributed by atoms with van der Waals surface area (Å²) in [5.41, 5.74) is 5.20. The number of thiophene rings is 1. The van der Waals surface area contributed by atoms with Crippen LogP contribution in [0.1, 0.15) is 35.9 Å². The van der Waals surface area contributed by atoms with Gasteiger partial charge in [0.25, 0.3) is 5.91 Å². The van der Waals surface area contributed by atoms with Crippen LogP contribution < -0.4 is 11.1 Å². The smallest absolute Gasteiger partial charge is 0.258 e. The minimum atomic E-state index is -0.400. The van der Waals surface area contributed by atoms with Crippen LogP contribution in [0.5, 0.6) is 0 Å². The number of nitrogens with two attached hydrogens (primary N) is 1. The summed E-state index contributed by atoms with van der Waals surface area (Å²) in [6.07, 6.45) is 4.28. The number of hydrogen-bond donors (Lipinski definition) is 2. The third kappa shape index (κ3) is 4.68. The van der Waals surface area contributed by atoms with Crippen LogP contribution in [0.25, 0.3) is 10.2 Å². The molecule has 0 spiro atoms. The van der Waals surface area contributed by atoms with Gasteiger partial charge in [-0.05, 0) is 58.1 Å². The number of pyridine rings is 1. The molecule has 1 fully saturated rings. The minimum absolute atomic E-state index is 0.400. The van der Waals surface area contributed by atoms with Crippen LogP contribution in [0.3, 0.4) is 0 Å². The van der Waals surface area contributed by atoms with Gasteiger partial charge >= 0.3 is 0 Å². The van der Waals surface area contributed by atoms with E-state index >= 15 is 0 Å².